The van der Waals surface area contributed by atoms with E-state index in [1.807, 2.05) is 0 Å². The molecule has 0 rings (SSSR count). The summed E-state index contributed by atoms with van der Waals surface area (Å²) in [6.45, 7) is 7.06. The molecule has 0 bridgehead atoms. The molecule has 0 saturated heterocycles. The number of ether oxygens (including phenoxy) is 4. The molecule has 0 heterocycles. The van der Waals surface area contributed by atoms with Gasteiger partial charge in [-0.25, -0.2) is 9.13 Å². The van der Waals surface area contributed by atoms with Gasteiger partial charge in [0.1, 0.15) is 19.3 Å². The van der Waals surface area contributed by atoms with Crippen molar-refractivity contribution in [3.63, 3.8) is 0 Å². The van der Waals surface area contributed by atoms with Gasteiger partial charge in [-0.1, -0.05) is 266 Å². The third kappa shape index (κ3) is 57.2. The van der Waals surface area contributed by atoms with Crippen molar-refractivity contribution < 1.29 is 80.2 Å². The number of hydrogen-bond acceptors (Lipinski definition) is 15. The lowest BCUT2D eigenvalue weighted by atomic mass is 10.0. The number of phosphoric acid groups is 2. The number of carbonyl (C=O) groups is 4. The van der Waals surface area contributed by atoms with Gasteiger partial charge in [-0.15, -0.1) is 0 Å². The summed E-state index contributed by atoms with van der Waals surface area (Å²) in [6.07, 6.45) is 40.5. The van der Waals surface area contributed by atoms with Crippen molar-refractivity contribution in [1.82, 2.24) is 0 Å². The van der Waals surface area contributed by atoms with Crippen molar-refractivity contribution in [2.75, 3.05) is 39.6 Å². The predicted octanol–water partition coefficient (Wildman–Crippen LogP) is 17.4. The molecule has 0 aromatic carbocycles. The van der Waals surface area contributed by atoms with Crippen molar-refractivity contribution in [3.05, 3.63) is 0 Å². The fraction of sp³-hybridized carbons (Fsp3) is 0.937. The molecule has 0 aromatic rings. The fourth-order valence-electron chi connectivity index (χ4n) is 9.41. The summed E-state index contributed by atoms with van der Waals surface area (Å²) in [5, 5.41) is 10.5. The van der Waals surface area contributed by atoms with Crippen LogP contribution >= 0.6 is 15.6 Å². The Bertz CT molecular complexity index is 1600. The number of carbonyl (C=O) groups excluding carboxylic acids is 4. The van der Waals surface area contributed by atoms with Crippen molar-refractivity contribution in [2.24, 2.45) is 5.92 Å². The molecule has 0 aromatic heterocycles. The number of aliphatic hydroxyl groups is 1. The van der Waals surface area contributed by atoms with Crippen molar-refractivity contribution >= 4 is 39.5 Å². The van der Waals surface area contributed by atoms with E-state index in [9.17, 15) is 43.2 Å². The molecule has 0 radical (unpaired) electrons. The Morgan fingerprint density at radius 3 is 0.829 bits per heavy atom. The SMILES string of the molecule is CCCCCCCCCCCCCCCCCC(=O)O[C@H](COC(=O)CCCCCCCCCCCCC)COP(=O)(O)OC[C@@H](O)COP(=O)(O)OC[C@@H](COC(=O)CCCCCCCCC)OC(=O)CCCCCCCCC(C)C. The second-order valence-electron chi connectivity index (χ2n) is 23.3. The molecule has 0 amide bonds. The molecule has 2 unspecified atom stereocenters. The van der Waals surface area contributed by atoms with Crippen molar-refractivity contribution in [3.8, 4) is 0 Å². The molecular weight excluding hydrogens is 1090 g/mol. The molecule has 486 valence electrons. The van der Waals surface area contributed by atoms with Crippen LogP contribution in [0.4, 0.5) is 0 Å². The van der Waals surface area contributed by atoms with E-state index in [0.29, 0.717) is 31.6 Å². The first-order valence-corrected chi connectivity index (χ1v) is 36.1. The van der Waals surface area contributed by atoms with Crippen molar-refractivity contribution in [1.29, 1.82) is 0 Å². The maximum absolute atomic E-state index is 13.0. The second-order valence-corrected chi connectivity index (χ2v) is 26.2. The standard InChI is InChI=1S/C63H122O17P2/c1-6-9-12-15-18-20-22-23-24-25-27-29-32-38-43-48-62(67)79-58(53-74-61(66)47-42-37-31-28-26-21-19-16-13-10-7-2)54-77-81(69,70)75-50-57(64)51-76-82(71,72)78-55-59(52-73-60(65)46-41-36-30-17-14-11-8-3)80-63(68)49-44-39-34-33-35-40-45-56(4)5/h56-59,64H,6-55H2,1-5H3,(H,69,70)(H,71,72)/t57-,58-,59-/m1/s1. The summed E-state index contributed by atoms with van der Waals surface area (Å²) in [5.41, 5.74) is 0. The lowest BCUT2D eigenvalue weighted by molar-refractivity contribution is -0.161. The summed E-state index contributed by atoms with van der Waals surface area (Å²) < 4.78 is 67.8. The molecule has 0 aliphatic rings. The third-order valence-electron chi connectivity index (χ3n) is 14.5. The van der Waals surface area contributed by atoms with E-state index in [-0.39, 0.29) is 25.7 Å². The van der Waals surface area contributed by atoms with Crippen LogP contribution in [0, 0.1) is 5.92 Å². The minimum Gasteiger partial charge on any atom is -0.462 e. The molecule has 17 nitrogen and oxygen atoms in total. The highest BCUT2D eigenvalue weighted by Gasteiger charge is 2.30. The summed E-state index contributed by atoms with van der Waals surface area (Å²) >= 11 is 0. The number of hydrogen-bond donors (Lipinski definition) is 3. The number of aliphatic hydroxyl groups excluding tert-OH is 1. The first-order valence-electron chi connectivity index (χ1n) is 33.1. The summed E-state index contributed by atoms with van der Waals surface area (Å²) in [7, 11) is -9.88. The molecule has 82 heavy (non-hydrogen) atoms. The number of rotatable bonds is 63. The molecule has 19 heteroatoms. The quantitative estimate of drug-likeness (QED) is 0.0222. The molecule has 0 spiro atoms. The monoisotopic (exact) mass is 1210 g/mol. The first-order chi connectivity index (χ1) is 39.5. The first kappa shape index (κ1) is 80.1. The minimum atomic E-state index is -4.94. The highest BCUT2D eigenvalue weighted by molar-refractivity contribution is 7.47. The largest absolute Gasteiger partial charge is 0.472 e. The normalized spacial score (nSPS) is 14.3. The van der Waals surface area contributed by atoms with Crippen LogP contribution in [0.1, 0.15) is 317 Å². The zero-order valence-corrected chi connectivity index (χ0v) is 54.4. The van der Waals surface area contributed by atoms with Gasteiger partial charge in [0.2, 0.25) is 0 Å². The Morgan fingerprint density at radius 2 is 0.561 bits per heavy atom. The number of unbranched alkanes of at least 4 members (excludes halogenated alkanes) is 35. The molecule has 0 saturated carbocycles. The van der Waals surface area contributed by atoms with E-state index in [1.165, 1.54) is 128 Å². The van der Waals surface area contributed by atoms with Gasteiger partial charge in [0.15, 0.2) is 12.2 Å². The molecule has 0 aliphatic heterocycles. The topological polar surface area (TPSA) is 237 Å². The van der Waals surface area contributed by atoms with Crippen LogP contribution in [0.3, 0.4) is 0 Å². The fourth-order valence-corrected chi connectivity index (χ4v) is 11.0. The predicted molar refractivity (Wildman–Crippen MR) is 326 cm³/mol. The highest BCUT2D eigenvalue weighted by atomic mass is 31.2. The van der Waals surface area contributed by atoms with Crippen LogP contribution in [-0.4, -0.2) is 96.7 Å². The molecule has 5 atom stereocenters. The van der Waals surface area contributed by atoms with Gasteiger partial charge in [-0.05, 0) is 31.6 Å². The van der Waals surface area contributed by atoms with Crippen LogP contribution < -0.4 is 0 Å². The van der Waals surface area contributed by atoms with Crippen LogP contribution in [0.5, 0.6) is 0 Å². The van der Waals surface area contributed by atoms with Gasteiger partial charge >= 0.3 is 39.5 Å². The van der Waals surface area contributed by atoms with E-state index in [0.717, 1.165) is 103 Å². The average Bonchev–Trinajstić information content (AvgIpc) is 3.46. The van der Waals surface area contributed by atoms with Crippen LogP contribution in [0.2, 0.25) is 0 Å². The molecular formula is C63H122O17P2. The third-order valence-corrected chi connectivity index (χ3v) is 16.4. The van der Waals surface area contributed by atoms with Gasteiger partial charge in [0, 0.05) is 25.7 Å². The highest BCUT2D eigenvalue weighted by Crippen LogP contribution is 2.45. The van der Waals surface area contributed by atoms with Crippen LogP contribution in [0.15, 0.2) is 0 Å². The van der Waals surface area contributed by atoms with Gasteiger partial charge in [-0.2, -0.15) is 0 Å². The van der Waals surface area contributed by atoms with Gasteiger partial charge < -0.3 is 33.8 Å². The van der Waals surface area contributed by atoms with Gasteiger partial charge in [-0.3, -0.25) is 37.3 Å². The van der Waals surface area contributed by atoms with E-state index in [2.05, 4.69) is 34.6 Å². The lowest BCUT2D eigenvalue weighted by Gasteiger charge is -2.21. The van der Waals surface area contributed by atoms with Gasteiger partial charge in [0.05, 0.1) is 26.4 Å². The van der Waals surface area contributed by atoms with E-state index >= 15 is 0 Å². The molecule has 0 fully saturated rings. The van der Waals surface area contributed by atoms with E-state index in [1.54, 1.807) is 0 Å². The minimum absolute atomic E-state index is 0.102. The summed E-state index contributed by atoms with van der Waals surface area (Å²) in [5.74, 6) is -1.47. The van der Waals surface area contributed by atoms with E-state index in [4.69, 9.17) is 37.0 Å². The smallest absolute Gasteiger partial charge is 0.462 e. The Hall–Kier alpha value is -1.94. The van der Waals surface area contributed by atoms with Gasteiger partial charge in [0.25, 0.3) is 0 Å². The molecule has 3 N–H and O–H groups in total. The zero-order valence-electron chi connectivity index (χ0n) is 52.6. The van der Waals surface area contributed by atoms with Crippen molar-refractivity contribution in [2.45, 2.75) is 335 Å². The number of phosphoric ester groups is 2. The Morgan fingerprint density at radius 1 is 0.329 bits per heavy atom. The number of esters is 4. The summed E-state index contributed by atoms with van der Waals surface area (Å²) in [6, 6.07) is 0. The summed E-state index contributed by atoms with van der Waals surface area (Å²) in [4.78, 5) is 72.0. The maximum Gasteiger partial charge on any atom is 0.472 e. The lowest BCUT2D eigenvalue weighted by Crippen LogP contribution is -2.30. The Labute approximate surface area is 498 Å². The molecule has 0 aliphatic carbocycles. The Balaban J connectivity index is 5.20. The van der Waals surface area contributed by atoms with Crippen LogP contribution in [-0.2, 0) is 65.4 Å². The second kappa shape index (κ2) is 56.8. The zero-order chi connectivity index (χ0) is 60.6. The Kier molecular flexibility index (Phi) is 55.5. The van der Waals surface area contributed by atoms with E-state index < -0.39 is 97.5 Å². The maximum atomic E-state index is 13.0. The average molecular weight is 1210 g/mol. The van der Waals surface area contributed by atoms with Crippen LogP contribution in [0.25, 0.3) is 0 Å².